The van der Waals surface area contributed by atoms with Crippen molar-refractivity contribution in [2.45, 2.75) is 6.92 Å². The highest BCUT2D eigenvalue weighted by atomic mass is 35.5. The van der Waals surface area contributed by atoms with Crippen molar-refractivity contribution in [3.8, 4) is 0 Å². The molecule has 1 saturated heterocycles. The molecule has 1 aliphatic heterocycles. The van der Waals surface area contributed by atoms with Gasteiger partial charge in [0.05, 0.1) is 15.1 Å². The molecule has 2 heterocycles. The van der Waals surface area contributed by atoms with Gasteiger partial charge in [-0.05, 0) is 25.1 Å². The third-order valence-corrected chi connectivity index (χ3v) is 5.37. The molecular formula is C16H15Cl2N3O2S. The molecule has 1 aliphatic rings. The van der Waals surface area contributed by atoms with Gasteiger partial charge in [0.25, 0.3) is 11.8 Å². The second-order valence-corrected chi connectivity index (χ2v) is 7.34. The van der Waals surface area contributed by atoms with Crippen molar-refractivity contribution in [3.63, 3.8) is 0 Å². The van der Waals surface area contributed by atoms with Crippen molar-refractivity contribution in [2.75, 3.05) is 26.2 Å². The third-order valence-electron chi connectivity index (χ3n) is 3.86. The normalized spacial score (nSPS) is 14.8. The fraction of sp³-hybridized carbons (Fsp3) is 0.312. The Balaban J connectivity index is 1.63. The van der Waals surface area contributed by atoms with Gasteiger partial charge in [0, 0.05) is 37.1 Å². The van der Waals surface area contributed by atoms with E-state index in [-0.39, 0.29) is 11.8 Å². The molecule has 1 aromatic carbocycles. The van der Waals surface area contributed by atoms with Crippen LogP contribution in [0.3, 0.4) is 0 Å². The van der Waals surface area contributed by atoms with Crippen LogP contribution in [0.5, 0.6) is 0 Å². The molecule has 0 N–H and O–H groups in total. The van der Waals surface area contributed by atoms with Crippen molar-refractivity contribution in [3.05, 3.63) is 49.9 Å². The lowest BCUT2D eigenvalue weighted by molar-refractivity contribution is 0.0532. The number of nitrogens with zero attached hydrogens (tertiary/aromatic N) is 3. The Morgan fingerprint density at radius 1 is 1.04 bits per heavy atom. The molecule has 0 radical (unpaired) electrons. The molecule has 1 fully saturated rings. The average Bonchev–Trinajstić information content (AvgIpc) is 3.02. The van der Waals surface area contributed by atoms with E-state index in [0.29, 0.717) is 47.5 Å². The molecule has 0 atom stereocenters. The Morgan fingerprint density at radius 2 is 1.67 bits per heavy atom. The number of thiazole rings is 1. The number of piperazine rings is 1. The third kappa shape index (κ3) is 3.55. The molecule has 0 spiro atoms. The minimum absolute atomic E-state index is 0.0824. The molecule has 1 aromatic heterocycles. The van der Waals surface area contributed by atoms with Crippen LogP contribution in [0.1, 0.15) is 25.9 Å². The molecular weight excluding hydrogens is 369 g/mol. The van der Waals surface area contributed by atoms with Crippen LogP contribution in [0.15, 0.2) is 23.6 Å². The minimum Gasteiger partial charge on any atom is -0.335 e. The van der Waals surface area contributed by atoms with Crippen molar-refractivity contribution >= 4 is 46.4 Å². The molecule has 0 unspecified atom stereocenters. The van der Waals surface area contributed by atoms with Gasteiger partial charge in [0.1, 0.15) is 5.69 Å². The molecule has 2 aromatic rings. The van der Waals surface area contributed by atoms with Gasteiger partial charge in [-0.25, -0.2) is 4.98 Å². The maximum Gasteiger partial charge on any atom is 0.273 e. The standard InChI is InChI=1S/C16H15Cl2N3O2S/c1-10-19-14(9-24-10)16(23)21-6-4-20(5-7-21)15(22)11-2-3-12(17)13(18)8-11/h2-3,8-9H,4-7H2,1H3. The molecule has 0 aliphatic carbocycles. The van der Waals surface area contributed by atoms with E-state index in [9.17, 15) is 9.59 Å². The quantitative estimate of drug-likeness (QED) is 0.798. The zero-order valence-corrected chi connectivity index (χ0v) is 15.3. The van der Waals surface area contributed by atoms with Gasteiger partial charge in [0.2, 0.25) is 0 Å². The summed E-state index contributed by atoms with van der Waals surface area (Å²) in [5.41, 5.74) is 0.973. The van der Waals surface area contributed by atoms with E-state index in [4.69, 9.17) is 23.2 Å². The monoisotopic (exact) mass is 383 g/mol. The van der Waals surface area contributed by atoms with Crippen molar-refractivity contribution < 1.29 is 9.59 Å². The first-order chi connectivity index (χ1) is 11.5. The summed E-state index contributed by atoms with van der Waals surface area (Å²) < 4.78 is 0. The number of benzene rings is 1. The molecule has 126 valence electrons. The maximum atomic E-state index is 12.5. The van der Waals surface area contributed by atoms with Gasteiger partial charge >= 0.3 is 0 Å². The highest BCUT2D eigenvalue weighted by Crippen LogP contribution is 2.23. The van der Waals surface area contributed by atoms with Crippen LogP contribution >= 0.6 is 34.5 Å². The first kappa shape index (κ1) is 17.2. The summed E-state index contributed by atoms with van der Waals surface area (Å²) in [7, 11) is 0. The van der Waals surface area contributed by atoms with Crippen LogP contribution in [0, 0.1) is 6.92 Å². The number of aryl methyl sites for hydroxylation is 1. The number of halogens is 2. The van der Waals surface area contributed by atoms with E-state index >= 15 is 0 Å². The van der Waals surface area contributed by atoms with Crippen molar-refractivity contribution in [1.29, 1.82) is 0 Å². The van der Waals surface area contributed by atoms with Crippen LogP contribution in [0.25, 0.3) is 0 Å². The van der Waals surface area contributed by atoms with Crippen molar-refractivity contribution in [2.24, 2.45) is 0 Å². The first-order valence-corrected chi connectivity index (χ1v) is 9.05. The second-order valence-electron chi connectivity index (χ2n) is 5.47. The van der Waals surface area contributed by atoms with E-state index in [1.54, 1.807) is 33.4 Å². The summed E-state index contributed by atoms with van der Waals surface area (Å²) in [5.74, 6) is -0.189. The SMILES string of the molecule is Cc1nc(C(=O)N2CCN(C(=O)c3ccc(Cl)c(Cl)c3)CC2)cs1. The van der Waals surface area contributed by atoms with E-state index in [1.807, 2.05) is 6.92 Å². The number of amides is 2. The molecule has 0 bridgehead atoms. The summed E-state index contributed by atoms with van der Waals surface area (Å²) in [6, 6.07) is 4.84. The summed E-state index contributed by atoms with van der Waals surface area (Å²) in [6.07, 6.45) is 0. The number of rotatable bonds is 2. The van der Waals surface area contributed by atoms with Gasteiger partial charge in [-0.2, -0.15) is 0 Å². The highest BCUT2D eigenvalue weighted by Gasteiger charge is 2.26. The van der Waals surface area contributed by atoms with E-state index in [0.717, 1.165) is 5.01 Å². The van der Waals surface area contributed by atoms with Gasteiger partial charge in [0.15, 0.2) is 0 Å². The Morgan fingerprint density at radius 3 is 2.21 bits per heavy atom. The fourth-order valence-electron chi connectivity index (χ4n) is 2.55. The summed E-state index contributed by atoms with van der Waals surface area (Å²) in [6.45, 7) is 3.81. The van der Waals surface area contributed by atoms with E-state index in [2.05, 4.69) is 4.98 Å². The van der Waals surface area contributed by atoms with Crippen LogP contribution in [0.2, 0.25) is 10.0 Å². The lowest BCUT2D eigenvalue weighted by Crippen LogP contribution is -2.50. The van der Waals surface area contributed by atoms with Crippen LogP contribution < -0.4 is 0 Å². The van der Waals surface area contributed by atoms with Crippen LogP contribution in [0.4, 0.5) is 0 Å². The number of aromatic nitrogens is 1. The molecule has 3 rings (SSSR count). The predicted octanol–water partition coefficient (Wildman–Crippen LogP) is 3.36. The van der Waals surface area contributed by atoms with E-state index < -0.39 is 0 Å². The van der Waals surface area contributed by atoms with Gasteiger partial charge in [-0.1, -0.05) is 23.2 Å². The fourth-order valence-corrected chi connectivity index (χ4v) is 3.43. The predicted molar refractivity (Wildman–Crippen MR) is 95.1 cm³/mol. The molecule has 2 amide bonds. The maximum absolute atomic E-state index is 12.5. The Labute approximate surface area is 153 Å². The first-order valence-electron chi connectivity index (χ1n) is 7.41. The van der Waals surface area contributed by atoms with E-state index in [1.165, 1.54) is 11.3 Å². The Kier molecular flexibility index (Phi) is 5.08. The largest absolute Gasteiger partial charge is 0.335 e. The Hall–Kier alpha value is -1.63. The van der Waals surface area contributed by atoms with Crippen molar-refractivity contribution in [1.82, 2.24) is 14.8 Å². The summed E-state index contributed by atoms with van der Waals surface area (Å²) >= 11 is 13.3. The number of carbonyl (C=O) groups is 2. The number of hydrogen-bond donors (Lipinski definition) is 0. The number of carbonyl (C=O) groups excluding carboxylic acids is 2. The zero-order chi connectivity index (χ0) is 17.3. The van der Waals surface area contributed by atoms with Crippen LogP contribution in [-0.2, 0) is 0 Å². The number of hydrogen-bond acceptors (Lipinski definition) is 4. The van der Waals surface area contributed by atoms with Gasteiger partial charge in [-0.3, -0.25) is 9.59 Å². The molecule has 24 heavy (non-hydrogen) atoms. The lowest BCUT2D eigenvalue weighted by atomic mass is 10.1. The topological polar surface area (TPSA) is 53.5 Å². The molecule has 8 heteroatoms. The zero-order valence-electron chi connectivity index (χ0n) is 13.0. The molecule has 5 nitrogen and oxygen atoms in total. The molecule has 0 saturated carbocycles. The second kappa shape index (κ2) is 7.09. The van der Waals surface area contributed by atoms with Gasteiger partial charge < -0.3 is 9.80 Å². The van der Waals surface area contributed by atoms with Crippen LogP contribution in [-0.4, -0.2) is 52.8 Å². The highest BCUT2D eigenvalue weighted by molar-refractivity contribution is 7.09. The minimum atomic E-state index is -0.106. The van der Waals surface area contributed by atoms with Gasteiger partial charge in [-0.15, -0.1) is 11.3 Å². The average molecular weight is 384 g/mol. The summed E-state index contributed by atoms with van der Waals surface area (Å²) in [5, 5.41) is 3.41. The Bertz CT molecular complexity index is 785. The summed E-state index contributed by atoms with van der Waals surface area (Å²) in [4.78, 5) is 32.6. The smallest absolute Gasteiger partial charge is 0.273 e. The lowest BCUT2D eigenvalue weighted by Gasteiger charge is -2.34.